The van der Waals surface area contributed by atoms with E-state index in [1.54, 1.807) is 0 Å². The number of hydrogen-bond donors (Lipinski definition) is 0. The fraction of sp³-hybridized carbons (Fsp3) is 0.952. The lowest BCUT2D eigenvalue weighted by molar-refractivity contribution is -0.167. The smallest absolute Gasteiger partial charge is 0.306 e. The average Bonchev–Trinajstić information content (AvgIpc) is 3.34. The number of esters is 3. The van der Waals surface area contributed by atoms with Crippen LogP contribution in [-0.4, -0.2) is 37.2 Å². The third-order valence-corrected chi connectivity index (χ3v) is 14.7. The molecular formula is C62H120O6. The zero-order chi connectivity index (χ0) is 49.5. The molecule has 68 heavy (non-hydrogen) atoms. The van der Waals surface area contributed by atoms with Crippen molar-refractivity contribution in [2.45, 2.75) is 361 Å². The van der Waals surface area contributed by atoms with Crippen LogP contribution in [0.5, 0.6) is 0 Å². The maximum atomic E-state index is 12.9. The van der Waals surface area contributed by atoms with Gasteiger partial charge in [0, 0.05) is 19.3 Å². The number of carbonyl (C=O) groups is 3. The largest absolute Gasteiger partial charge is 0.462 e. The molecule has 2 atom stereocenters. The third kappa shape index (κ3) is 53.8. The highest BCUT2D eigenvalue weighted by Crippen LogP contribution is 2.19. The maximum Gasteiger partial charge on any atom is 0.306 e. The zero-order valence-electron chi connectivity index (χ0n) is 46.6. The van der Waals surface area contributed by atoms with Gasteiger partial charge >= 0.3 is 17.9 Å². The van der Waals surface area contributed by atoms with Gasteiger partial charge in [0.25, 0.3) is 0 Å². The SMILES string of the molecule is CCCCCCCCCCCCCCCCCCCCC(=O)OC[C@@H](COC(=O)CCCCCCCCCCCC)OC(=O)CCCCCCCCCCCCCCCCCCCCC(C)CC. The summed E-state index contributed by atoms with van der Waals surface area (Å²) < 4.78 is 16.9. The summed E-state index contributed by atoms with van der Waals surface area (Å²) >= 11 is 0. The Morgan fingerprint density at radius 2 is 0.515 bits per heavy atom. The number of hydrogen-bond acceptors (Lipinski definition) is 6. The Balaban J connectivity index is 4.19. The normalized spacial score (nSPS) is 12.4. The fourth-order valence-corrected chi connectivity index (χ4v) is 9.60. The van der Waals surface area contributed by atoms with Gasteiger partial charge in [-0.05, 0) is 25.2 Å². The summed E-state index contributed by atoms with van der Waals surface area (Å²) in [5, 5.41) is 0. The van der Waals surface area contributed by atoms with Crippen LogP contribution >= 0.6 is 0 Å². The number of ether oxygens (including phenoxy) is 3. The van der Waals surface area contributed by atoms with Gasteiger partial charge in [-0.25, -0.2) is 0 Å². The van der Waals surface area contributed by atoms with E-state index in [0.29, 0.717) is 19.3 Å². The van der Waals surface area contributed by atoms with Gasteiger partial charge in [0.15, 0.2) is 6.10 Å². The molecule has 0 saturated carbocycles. The molecule has 0 saturated heterocycles. The summed E-state index contributed by atoms with van der Waals surface area (Å²) in [5.41, 5.74) is 0. The van der Waals surface area contributed by atoms with Crippen molar-refractivity contribution in [3.8, 4) is 0 Å². The van der Waals surface area contributed by atoms with Gasteiger partial charge in [-0.2, -0.15) is 0 Å². The van der Waals surface area contributed by atoms with Crippen molar-refractivity contribution in [3.63, 3.8) is 0 Å². The van der Waals surface area contributed by atoms with E-state index in [9.17, 15) is 14.4 Å². The molecule has 0 aliphatic heterocycles. The summed E-state index contributed by atoms with van der Waals surface area (Å²) in [6, 6.07) is 0. The summed E-state index contributed by atoms with van der Waals surface area (Å²) in [4.78, 5) is 38.1. The van der Waals surface area contributed by atoms with Crippen molar-refractivity contribution >= 4 is 17.9 Å². The van der Waals surface area contributed by atoms with Gasteiger partial charge in [-0.3, -0.25) is 14.4 Å². The molecule has 0 rings (SSSR count). The Kier molecular flexibility index (Phi) is 55.0. The van der Waals surface area contributed by atoms with E-state index in [4.69, 9.17) is 14.2 Å². The molecule has 0 radical (unpaired) electrons. The molecule has 0 fully saturated rings. The Morgan fingerprint density at radius 1 is 0.294 bits per heavy atom. The molecule has 0 aromatic heterocycles. The zero-order valence-corrected chi connectivity index (χ0v) is 46.6. The van der Waals surface area contributed by atoms with Crippen LogP contribution < -0.4 is 0 Å². The van der Waals surface area contributed by atoms with Crippen molar-refractivity contribution in [3.05, 3.63) is 0 Å². The first-order valence-corrected chi connectivity index (χ1v) is 30.9. The van der Waals surface area contributed by atoms with Crippen LogP contribution in [0.4, 0.5) is 0 Å². The van der Waals surface area contributed by atoms with E-state index in [0.717, 1.165) is 63.7 Å². The van der Waals surface area contributed by atoms with Gasteiger partial charge in [-0.15, -0.1) is 0 Å². The Morgan fingerprint density at radius 3 is 0.765 bits per heavy atom. The first-order valence-electron chi connectivity index (χ1n) is 30.9. The maximum absolute atomic E-state index is 12.9. The van der Waals surface area contributed by atoms with Crippen LogP contribution in [-0.2, 0) is 28.6 Å². The van der Waals surface area contributed by atoms with Crippen LogP contribution in [0.1, 0.15) is 355 Å². The first-order chi connectivity index (χ1) is 33.4. The van der Waals surface area contributed by atoms with E-state index in [-0.39, 0.29) is 31.1 Å². The molecule has 0 amide bonds. The van der Waals surface area contributed by atoms with E-state index in [2.05, 4.69) is 27.7 Å². The summed E-state index contributed by atoms with van der Waals surface area (Å²) in [5.74, 6) is 0.0760. The summed E-state index contributed by atoms with van der Waals surface area (Å²) in [7, 11) is 0. The van der Waals surface area contributed by atoms with Crippen LogP contribution in [0, 0.1) is 5.92 Å². The quantitative estimate of drug-likeness (QED) is 0.0343. The molecule has 6 nitrogen and oxygen atoms in total. The number of carbonyl (C=O) groups excluding carboxylic acids is 3. The first kappa shape index (κ1) is 66.4. The van der Waals surface area contributed by atoms with Gasteiger partial charge in [0.1, 0.15) is 13.2 Å². The molecule has 0 aromatic carbocycles. The van der Waals surface area contributed by atoms with Crippen LogP contribution in [0.2, 0.25) is 0 Å². The predicted molar refractivity (Wildman–Crippen MR) is 293 cm³/mol. The summed E-state index contributed by atoms with van der Waals surface area (Å²) in [6.07, 6.45) is 62.4. The topological polar surface area (TPSA) is 78.9 Å². The fourth-order valence-electron chi connectivity index (χ4n) is 9.60. The van der Waals surface area contributed by atoms with Crippen LogP contribution in [0.3, 0.4) is 0 Å². The highest BCUT2D eigenvalue weighted by atomic mass is 16.6. The highest BCUT2D eigenvalue weighted by molar-refractivity contribution is 5.71. The lowest BCUT2D eigenvalue weighted by Gasteiger charge is -2.18. The standard InChI is InChI=1S/C62H120O6/c1-5-8-10-12-14-16-18-19-20-21-25-28-31-34-38-42-46-50-54-61(64)67-57-59(56-66-60(63)53-49-45-41-37-17-15-13-11-9-6-2)68-62(65)55-51-47-43-39-35-32-29-26-23-22-24-27-30-33-36-40-44-48-52-58(4)7-3/h58-59H,5-57H2,1-4H3/t58?,59-/m1/s1. The van der Waals surface area contributed by atoms with Crippen molar-refractivity contribution < 1.29 is 28.6 Å². The minimum atomic E-state index is -0.762. The van der Waals surface area contributed by atoms with Crippen molar-refractivity contribution in [2.75, 3.05) is 13.2 Å². The molecule has 0 aromatic rings. The monoisotopic (exact) mass is 961 g/mol. The number of rotatable bonds is 57. The molecule has 0 aliphatic rings. The molecule has 0 spiro atoms. The second kappa shape index (κ2) is 56.3. The van der Waals surface area contributed by atoms with Crippen molar-refractivity contribution in [2.24, 2.45) is 5.92 Å². The molecular weight excluding hydrogens is 841 g/mol. The third-order valence-electron chi connectivity index (χ3n) is 14.7. The highest BCUT2D eigenvalue weighted by Gasteiger charge is 2.19. The van der Waals surface area contributed by atoms with E-state index in [1.807, 2.05) is 0 Å². The molecule has 1 unspecified atom stereocenters. The van der Waals surface area contributed by atoms with Gasteiger partial charge in [-0.1, -0.05) is 317 Å². The minimum absolute atomic E-state index is 0.0615. The van der Waals surface area contributed by atoms with E-state index >= 15 is 0 Å². The van der Waals surface area contributed by atoms with Crippen LogP contribution in [0.15, 0.2) is 0 Å². The van der Waals surface area contributed by atoms with E-state index < -0.39 is 6.10 Å². The number of unbranched alkanes of at least 4 members (excludes halogenated alkanes) is 43. The minimum Gasteiger partial charge on any atom is -0.462 e. The van der Waals surface area contributed by atoms with Gasteiger partial charge in [0.05, 0.1) is 0 Å². The van der Waals surface area contributed by atoms with Gasteiger partial charge < -0.3 is 14.2 Å². The molecule has 0 N–H and O–H groups in total. The molecule has 404 valence electrons. The predicted octanol–water partition coefficient (Wildman–Crippen LogP) is 20.6. The van der Waals surface area contributed by atoms with Crippen LogP contribution in [0.25, 0.3) is 0 Å². The van der Waals surface area contributed by atoms with Crippen molar-refractivity contribution in [1.29, 1.82) is 0 Å². The molecule has 6 heteroatoms. The van der Waals surface area contributed by atoms with Crippen molar-refractivity contribution in [1.82, 2.24) is 0 Å². The summed E-state index contributed by atoms with van der Waals surface area (Å²) in [6.45, 7) is 9.11. The Labute approximate surface area is 425 Å². The van der Waals surface area contributed by atoms with Gasteiger partial charge in [0.2, 0.25) is 0 Å². The lowest BCUT2D eigenvalue weighted by Crippen LogP contribution is -2.30. The second-order valence-corrected chi connectivity index (χ2v) is 21.6. The Hall–Kier alpha value is -1.59. The molecule has 0 bridgehead atoms. The second-order valence-electron chi connectivity index (χ2n) is 21.6. The average molecular weight is 962 g/mol. The molecule has 0 heterocycles. The lowest BCUT2D eigenvalue weighted by atomic mass is 9.99. The molecule has 0 aliphatic carbocycles. The Bertz CT molecular complexity index is 1030. The van der Waals surface area contributed by atoms with E-state index in [1.165, 1.54) is 250 Å².